The van der Waals surface area contributed by atoms with Gasteiger partial charge >= 0.3 is 0 Å². The van der Waals surface area contributed by atoms with Crippen molar-refractivity contribution in [2.24, 2.45) is 0 Å². The van der Waals surface area contributed by atoms with Crippen molar-refractivity contribution in [3.8, 4) is 11.3 Å². The summed E-state index contributed by atoms with van der Waals surface area (Å²) in [4.78, 5) is 4.81. The van der Waals surface area contributed by atoms with E-state index >= 15 is 0 Å². The SMILES string of the molecule is c1ccc(-c2[nH]nc3nc4c(ccc5ccccc54)cc23)cc1. The Morgan fingerprint density at radius 2 is 1.48 bits per heavy atom. The molecule has 23 heavy (non-hydrogen) atoms. The Morgan fingerprint density at radius 1 is 0.696 bits per heavy atom. The molecule has 1 N–H and O–H groups in total. The number of pyridine rings is 1. The molecule has 5 rings (SSSR count). The van der Waals surface area contributed by atoms with E-state index in [2.05, 4.69) is 58.7 Å². The van der Waals surface area contributed by atoms with Crippen LogP contribution in [0.15, 0.2) is 72.8 Å². The van der Waals surface area contributed by atoms with Crippen molar-refractivity contribution in [1.82, 2.24) is 15.2 Å². The van der Waals surface area contributed by atoms with Gasteiger partial charge in [-0.05, 0) is 11.5 Å². The van der Waals surface area contributed by atoms with Crippen LogP contribution < -0.4 is 0 Å². The van der Waals surface area contributed by atoms with Gasteiger partial charge in [0.2, 0.25) is 0 Å². The van der Waals surface area contributed by atoms with Gasteiger partial charge in [-0.25, -0.2) is 4.98 Å². The third kappa shape index (κ3) is 1.83. The second-order valence-electron chi connectivity index (χ2n) is 5.68. The van der Waals surface area contributed by atoms with Gasteiger partial charge in [0.1, 0.15) is 0 Å². The van der Waals surface area contributed by atoms with Crippen LogP contribution in [0.2, 0.25) is 0 Å². The molecule has 0 atom stereocenters. The van der Waals surface area contributed by atoms with Crippen LogP contribution in [0.3, 0.4) is 0 Å². The van der Waals surface area contributed by atoms with Crippen molar-refractivity contribution in [2.45, 2.75) is 0 Å². The van der Waals surface area contributed by atoms with Gasteiger partial charge in [0.05, 0.1) is 11.2 Å². The molecular formula is C20H13N3. The summed E-state index contributed by atoms with van der Waals surface area (Å²) in [5, 5.41) is 12.1. The highest BCUT2D eigenvalue weighted by atomic mass is 15.1. The van der Waals surface area contributed by atoms with Crippen molar-refractivity contribution < 1.29 is 0 Å². The first-order chi connectivity index (χ1) is 11.4. The lowest BCUT2D eigenvalue weighted by Crippen LogP contribution is -1.84. The summed E-state index contributed by atoms with van der Waals surface area (Å²) in [6.45, 7) is 0. The number of hydrogen-bond acceptors (Lipinski definition) is 2. The molecule has 0 saturated heterocycles. The van der Waals surface area contributed by atoms with Gasteiger partial charge in [0.15, 0.2) is 5.65 Å². The zero-order chi connectivity index (χ0) is 15.2. The van der Waals surface area contributed by atoms with E-state index in [1.54, 1.807) is 0 Å². The van der Waals surface area contributed by atoms with E-state index in [9.17, 15) is 0 Å². The molecule has 5 aromatic rings. The number of nitrogens with one attached hydrogen (secondary N) is 1. The number of rotatable bonds is 1. The normalized spacial score (nSPS) is 11.5. The molecule has 0 spiro atoms. The van der Waals surface area contributed by atoms with E-state index in [0.29, 0.717) is 0 Å². The summed E-state index contributed by atoms with van der Waals surface area (Å²) in [6.07, 6.45) is 0. The monoisotopic (exact) mass is 295 g/mol. The van der Waals surface area contributed by atoms with Crippen LogP contribution in [0.25, 0.3) is 44.0 Å². The molecule has 0 unspecified atom stereocenters. The van der Waals surface area contributed by atoms with E-state index < -0.39 is 0 Å². The summed E-state index contributed by atoms with van der Waals surface area (Å²) in [5.41, 5.74) is 3.90. The molecule has 0 aliphatic rings. The summed E-state index contributed by atoms with van der Waals surface area (Å²) < 4.78 is 0. The van der Waals surface area contributed by atoms with Crippen LogP contribution in [0.1, 0.15) is 0 Å². The van der Waals surface area contributed by atoms with Crippen LogP contribution >= 0.6 is 0 Å². The van der Waals surface area contributed by atoms with Gasteiger partial charge in [0, 0.05) is 21.7 Å². The van der Waals surface area contributed by atoms with Gasteiger partial charge in [0.25, 0.3) is 0 Å². The minimum absolute atomic E-state index is 0.757. The highest BCUT2D eigenvalue weighted by molar-refractivity contribution is 6.09. The molecule has 2 heterocycles. The quantitative estimate of drug-likeness (QED) is 0.445. The highest BCUT2D eigenvalue weighted by Crippen LogP contribution is 2.30. The first-order valence-corrected chi connectivity index (χ1v) is 7.62. The maximum Gasteiger partial charge on any atom is 0.182 e. The minimum Gasteiger partial charge on any atom is -0.275 e. The average molecular weight is 295 g/mol. The van der Waals surface area contributed by atoms with E-state index in [-0.39, 0.29) is 0 Å². The Hall–Kier alpha value is -3.20. The topological polar surface area (TPSA) is 41.6 Å². The molecule has 3 heteroatoms. The molecule has 0 amide bonds. The minimum atomic E-state index is 0.757. The molecule has 0 aliphatic carbocycles. The first-order valence-electron chi connectivity index (χ1n) is 7.62. The lowest BCUT2D eigenvalue weighted by Gasteiger charge is -2.04. The molecule has 3 nitrogen and oxygen atoms in total. The number of H-pyrrole nitrogens is 1. The maximum absolute atomic E-state index is 4.81. The third-order valence-corrected chi connectivity index (χ3v) is 4.30. The van der Waals surface area contributed by atoms with E-state index in [1.807, 2.05) is 24.3 Å². The van der Waals surface area contributed by atoms with Crippen LogP contribution in [0.4, 0.5) is 0 Å². The van der Waals surface area contributed by atoms with Crippen LogP contribution in [-0.2, 0) is 0 Å². The fraction of sp³-hybridized carbons (Fsp3) is 0. The molecule has 3 aromatic carbocycles. The molecule has 2 aromatic heterocycles. The number of benzene rings is 3. The van der Waals surface area contributed by atoms with Crippen LogP contribution in [-0.4, -0.2) is 15.2 Å². The van der Waals surface area contributed by atoms with Crippen molar-refractivity contribution in [3.63, 3.8) is 0 Å². The Bertz CT molecular complexity index is 1160. The Morgan fingerprint density at radius 3 is 2.39 bits per heavy atom. The van der Waals surface area contributed by atoms with Gasteiger partial charge in [-0.2, -0.15) is 5.10 Å². The lowest BCUT2D eigenvalue weighted by atomic mass is 10.0. The van der Waals surface area contributed by atoms with E-state index in [1.165, 1.54) is 5.39 Å². The summed E-state index contributed by atoms with van der Waals surface area (Å²) in [5.74, 6) is 0. The number of hydrogen-bond donors (Lipinski definition) is 1. The molecule has 0 fully saturated rings. The number of nitrogens with zero attached hydrogens (tertiary/aromatic N) is 2. The van der Waals surface area contributed by atoms with Crippen molar-refractivity contribution in [3.05, 3.63) is 72.8 Å². The Balaban J connectivity index is 1.87. The second-order valence-corrected chi connectivity index (χ2v) is 5.68. The highest BCUT2D eigenvalue weighted by Gasteiger charge is 2.11. The zero-order valence-corrected chi connectivity index (χ0v) is 12.3. The van der Waals surface area contributed by atoms with Gasteiger partial charge < -0.3 is 0 Å². The van der Waals surface area contributed by atoms with Crippen LogP contribution in [0, 0.1) is 0 Å². The van der Waals surface area contributed by atoms with Crippen LogP contribution in [0.5, 0.6) is 0 Å². The number of fused-ring (bicyclic) bond motifs is 4. The predicted molar refractivity (Wildman–Crippen MR) is 94.3 cm³/mol. The van der Waals surface area contributed by atoms with E-state index in [4.69, 9.17) is 4.98 Å². The molecule has 0 aliphatic heterocycles. The standard InChI is InChI=1S/C20H13N3/c1-2-7-14(8-3-1)19-17-12-15-11-10-13-6-4-5-9-16(13)18(15)21-20(17)23-22-19/h1-12H,(H,21,22,23). The Labute approximate surface area is 132 Å². The summed E-state index contributed by atoms with van der Waals surface area (Å²) in [6, 6.07) is 25.0. The van der Waals surface area contributed by atoms with Crippen molar-refractivity contribution >= 4 is 32.7 Å². The number of aromatic amines is 1. The summed E-state index contributed by atoms with van der Waals surface area (Å²) >= 11 is 0. The summed E-state index contributed by atoms with van der Waals surface area (Å²) in [7, 11) is 0. The fourth-order valence-electron chi connectivity index (χ4n) is 3.16. The lowest BCUT2D eigenvalue weighted by molar-refractivity contribution is 1.11. The molecule has 0 bridgehead atoms. The molecular weight excluding hydrogens is 282 g/mol. The van der Waals surface area contributed by atoms with Crippen molar-refractivity contribution in [1.29, 1.82) is 0 Å². The first kappa shape index (κ1) is 12.4. The average Bonchev–Trinajstić information content (AvgIpc) is 3.03. The third-order valence-electron chi connectivity index (χ3n) is 4.30. The predicted octanol–water partition coefficient (Wildman–Crippen LogP) is 4.93. The maximum atomic E-state index is 4.81. The number of aromatic nitrogens is 3. The Kier molecular flexibility index (Phi) is 2.50. The van der Waals surface area contributed by atoms with Crippen molar-refractivity contribution in [2.75, 3.05) is 0 Å². The fourth-order valence-corrected chi connectivity index (χ4v) is 3.16. The molecule has 108 valence electrons. The second kappa shape index (κ2) is 4.65. The van der Waals surface area contributed by atoms with Gasteiger partial charge in [-0.3, -0.25) is 5.10 Å². The largest absolute Gasteiger partial charge is 0.275 e. The van der Waals surface area contributed by atoms with Gasteiger partial charge in [-0.1, -0.05) is 66.7 Å². The van der Waals surface area contributed by atoms with E-state index in [0.717, 1.165) is 38.6 Å². The molecule has 0 radical (unpaired) electrons. The smallest absolute Gasteiger partial charge is 0.182 e. The molecule has 0 saturated carbocycles. The van der Waals surface area contributed by atoms with Gasteiger partial charge in [-0.15, -0.1) is 0 Å². The zero-order valence-electron chi connectivity index (χ0n) is 12.3.